The number of aliphatic hydroxyl groups excluding tert-OH is 1. The van der Waals surface area contributed by atoms with Crippen molar-refractivity contribution in [3.05, 3.63) is 35.1 Å². The van der Waals surface area contributed by atoms with Crippen molar-refractivity contribution in [2.75, 3.05) is 19.7 Å². The lowest BCUT2D eigenvalue weighted by atomic mass is 10.1. The summed E-state index contributed by atoms with van der Waals surface area (Å²) < 4.78 is 14.2. The molecule has 0 unspecified atom stereocenters. The van der Waals surface area contributed by atoms with Crippen LogP contribution in [0.5, 0.6) is 0 Å². The number of nitrogens with zero attached hydrogens (tertiary/aromatic N) is 2. The number of nitrogens with two attached hydrogens (primary N) is 1. The predicted octanol–water partition coefficient (Wildman–Crippen LogP) is 1.12. The molecule has 0 aliphatic rings. The Morgan fingerprint density at radius 2 is 2.16 bits per heavy atom. The average Bonchev–Trinajstić information content (AvgIpc) is 2.41. The monoisotopic (exact) mass is 269 g/mol. The number of hydrogen-bond acceptors (Lipinski definition) is 4. The molecule has 1 aromatic carbocycles. The third-order valence-electron chi connectivity index (χ3n) is 2.81. The molecular weight excluding hydrogens is 249 g/mol. The maximum absolute atomic E-state index is 14.2. The quantitative estimate of drug-likeness (QED) is 0.300. The maximum atomic E-state index is 14.2. The van der Waals surface area contributed by atoms with E-state index < -0.39 is 5.82 Å². The Hall–Kier alpha value is -1.66. The van der Waals surface area contributed by atoms with Gasteiger partial charge in [0.25, 0.3) is 0 Å². The van der Waals surface area contributed by atoms with Crippen molar-refractivity contribution in [2.24, 2.45) is 10.9 Å². The predicted molar refractivity (Wildman–Crippen MR) is 71.6 cm³/mol. The number of amidine groups is 1. The zero-order chi connectivity index (χ0) is 14.3. The molecule has 1 rings (SSSR count). The Bertz CT molecular complexity index is 432. The summed E-state index contributed by atoms with van der Waals surface area (Å²) in [5.41, 5.74) is 5.97. The van der Waals surface area contributed by atoms with Crippen molar-refractivity contribution in [2.45, 2.75) is 19.9 Å². The SMILES string of the molecule is CCCN(CCO)Cc1cccc(/C(N)=N/O)c1F. The Morgan fingerprint density at radius 1 is 1.42 bits per heavy atom. The molecule has 0 spiro atoms. The third kappa shape index (κ3) is 4.18. The molecule has 19 heavy (non-hydrogen) atoms. The number of rotatable bonds is 7. The fourth-order valence-corrected chi connectivity index (χ4v) is 1.92. The molecule has 0 amide bonds. The minimum atomic E-state index is -0.489. The van der Waals surface area contributed by atoms with E-state index in [4.69, 9.17) is 16.0 Å². The van der Waals surface area contributed by atoms with E-state index in [0.29, 0.717) is 18.7 Å². The number of aliphatic hydroxyl groups is 1. The van der Waals surface area contributed by atoms with Gasteiger partial charge in [0.2, 0.25) is 0 Å². The molecule has 0 bridgehead atoms. The summed E-state index contributed by atoms with van der Waals surface area (Å²) >= 11 is 0. The third-order valence-corrected chi connectivity index (χ3v) is 2.81. The lowest BCUT2D eigenvalue weighted by molar-refractivity contribution is 0.189. The highest BCUT2D eigenvalue weighted by Gasteiger charge is 2.13. The highest BCUT2D eigenvalue weighted by Crippen LogP contribution is 2.15. The van der Waals surface area contributed by atoms with Gasteiger partial charge in [0.15, 0.2) is 5.84 Å². The maximum Gasteiger partial charge on any atom is 0.173 e. The average molecular weight is 269 g/mol. The second kappa shape index (κ2) is 7.70. The largest absolute Gasteiger partial charge is 0.409 e. The van der Waals surface area contributed by atoms with Gasteiger partial charge in [-0.05, 0) is 19.0 Å². The molecule has 0 fully saturated rings. The minimum absolute atomic E-state index is 0.0293. The van der Waals surface area contributed by atoms with Gasteiger partial charge >= 0.3 is 0 Å². The molecule has 6 heteroatoms. The van der Waals surface area contributed by atoms with Crippen molar-refractivity contribution in [1.82, 2.24) is 4.90 Å². The van der Waals surface area contributed by atoms with Gasteiger partial charge in [0.05, 0.1) is 12.2 Å². The van der Waals surface area contributed by atoms with E-state index in [1.54, 1.807) is 12.1 Å². The number of benzene rings is 1. The van der Waals surface area contributed by atoms with Gasteiger partial charge < -0.3 is 16.0 Å². The molecule has 5 nitrogen and oxygen atoms in total. The van der Waals surface area contributed by atoms with E-state index in [1.165, 1.54) is 6.07 Å². The number of hydrogen-bond donors (Lipinski definition) is 3. The van der Waals surface area contributed by atoms with E-state index in [1.807, 2.05) is 11.8 Å². The topological polar surface area (TPSA) is 82.1 Å². The first-order valence-electron chi connectivity index (χ1n) is 6.22. The van der Waals surface area contributed by atoms with Crippen LogP contribution >= 0.6 is 0 Å². The van der Waals surface area contributed by atoms with Crippen LogP contribution in [0.15, 0.2) is 23.4 Å². The summed E-state index contributed by atoms with van der Waals surface area (Å²) in [6.07, 6.45) is 0.918. The molecule has 0 aliphatic heterocycles. The summed E-state index contributed by atoms with van der Waals surface area (Å²) in [7, 11) is 0. The summed E-state index contributed by atoms with van der Waals surface area (Å²) in [4.78, 5) is 1.95. The molecule has 1 aromatic rings. The van der Waals surface area contributed by atoms with Crippen molar-refractivity contribution in [3.8, 4) is 0 Å². The summed E-state index contributed by atoms with van der Waals surface area (Å²) in [5.74, 6) is -0.736. The fourth-order valence-electron chi connectivity index (χ4n) is 1.92. The van der Waals surface area contributed by atoms with Crippen molar-refractivity contribution in [3.63, 3.8) is 0 Å². The van der Waals surface area contributed by atoms with Crippen molar-refractivity contribution < 1.29 is 14.7 Å². The number of oxime groups is 1. The lowest BCUT2D eigenvalue weighted by Gasteiger charge is -2.21. The highest BCUT2D eigenvalue weighted by atomic mass is 19.1. The van der Waals surface area contributed by atoms with Crippen LogP contribution in [0, 0.1) is 5.82 Å². The Morgan fingerprint density at radius 3 is 2.74 bits per heavy atom. The minimum Gasteiger partial charge on any atom is -0.409 e. The van der Waals surface area contributed by atoms with Crippen LogP contribution in [-0.2, 0) is 6.54 Å². The first-order chi connectivity index (χ1) is 9.13. The van der Waals surface area contributed by atoms with Crippen LogP contribution in [-0.4, -0.2) is 40.7 Å². The van der Waals surface area contributed by atoms with E-state index in [9.17, 15) is 4.39 Å². The van der Waals surface area contributed by atoms with E-state index in [0.717, 1.165) is 13.0 Å². The highest BCUT2D eigenvalue weighted by molar-refractivity contribution is 5.97. The molecule has 0 aromatic heterocycles. The van der Waals surface area contributed by atoms with Gasteiger partial charge in [0.1, 0.15) is 5.82 Å². The Labute approximate surface area is 112 Å². The van der Waals surface area contributed by atoms with Crippen LogP contribution in [0.2, 0.25) is 0 Å². The molecule has 106 valence electrons. The Balaban J connectivity index is 2.94. The van der Waals surface area contributed by atoms with Crippen LogP contribution < -0.4 is 5.73 Å². The molecule has 0 saturated carbocycles. The smallest absolute Gasteiger partial charge is 0.173 e. The first-order valence-corrected chi connectivity index (χ1v) is 6.22. The molecule has 0 atom stereocenters. The van der Waals surface area contributed by atoms with E-state index in [2.05, 4.69) is 5.16 Å². The van der Waals surface area contributed by atoms with Gasteiger partial charge in [0, 0.05) is 18.7 Å². The second-order valence-corrected chi connectivity index (χ2v) is 4.26. The Kier molecular flexibility index (Phi) is 6.24. The van der Waals surface area contributed by atoms with E-state index >= 15 is 0 Å². The lowest BCUT2D eigenvalue weighted by Crippen LogP contribution is -2.28. The van der Waals surface area contributed by atoms with E-state index in [-0.39, 0.29) is 18.0 Å². The number of halogens is 1. The van der Waals surface area contributed by atoms with Crippen LogP contribution in [0.1, 0.15) is 24.5 Å². The second-order valence-electron chi connectivity index (χ2n) is 4.26. The van der Waals surface area contributed by atoms with Gasteiger partial charge in [-0.15, -0.1) is 0 Å². The zero-order valence-electron chi connectivity index (χ0n) is 11.0. The molecule has 0 aliphatic carbocycles. The van der Waals surface area contributed by atoms with Gasteiger partial charge in [-0.25, -0.2) is 4.39 Å². The molecule has 4 N–H and O–H groups in total. The molecule has 0 radical (unpaired) electrons. The zero-order valence-corrected chi connectivity index (χ0v) is 11.0. The van der Waals surface area contributed by atoms with Crippen LogP contribution in [0.25, 0.3) is 0 Å². The summed E-state index contributed by atoms with van der Waals surface area (Å²) in [5, 5.41) is 20.4. The molecule has 0 saturated heterocycles. The van der Waals surface area contributed by atoms with Crippen LogP contribution in [0.3, 0.4) is 0 Å². The van der Waals surface area contributed by atoms with Gasteiger partial charge in [-0.1, -0.05) is 24.2 Å². The first kappa shape index (κ1) is 15.4. The molecular formula is C13H20FN3O2. The summed E-state index contributed by atoms with van der Waals surface area (Å²) in [6.45, 7) is 3.69. The van der Waals surface area contributed by atoms with Gasteiger partial charge in [-0.2, -0.15) is 0 Å². The molecule has 0 heterocycles. The van der Waals surface area contributed by atoms with Crippen LogP contribution in [0.4, 0.5) is 4.39 Å². The fraction of sp³-hybridized carbons (Fsp3) is 0.462. The normalized spacial score (nSPS) is 12.1. The standard InChI is InChI=1S/C13H20FN3O2/c1-2-6-17(7-8-18)9-10-4-3-5-11(12(10)14)13(15)16-19/h3-5,18-19H,2,6-9H2,1H3,(H2,15,16). The van der Waals surface area contributed by atoms with Gasteiger partial charge in [-0.3, -0.25) is 4.90 Å². The van der Waals surface area contributed by atoms with Crippen molar-refractivity contribution >= 4 is 5.84 Å². The summed E-state index contributed by atoms with van der Waals surface area (Å²) in [6, 6.07) is 4.78. The van der Waals surface area contributed by atoms with Crippen molar-refractivity contribution in [1.29, 1.82) is 0 Å².